The average molecular weight is 162 g/mol. The van der Waals surface area contributed by atoms with Gasteiger partial charge in [-0.05, 0) is 30.4 Å². The molecule has 1 aromatic rings. The molecule has 0 aliphatic heterocycles. The molecule has 0 fully saturated rings. The Morgan fingerprint density at radius 3 is 3.00 bits per heavy atom. The molecular weight excluding hydrogens is 148 g/mol. The van der Waals surface area contributed by atoms with Gasteiger partial charge in [0.25, 0.3) is 0 Å². The van der Waals surface area contributed by atoms with Crippen molar-refractivity contribution in [2.24, 2.45) is 5.92 Å². The second kappa shape index (κ2) is 2.77. The van der Waals surface area contributed by atoms with Gasteiger partial charge in [-0.3, -0.25) is 5.10 Å². The van der Waals surface area contributed by atoms with Crippen LogP contribution in [0.2, 0.25) is 0 Å². The SMILES string of the molecule is CC(C)C1=Cc2[nH]ncc2CC1. The first kappa shape index (κ1) is 7.59. The average Bonchev–Trinajstić information content (AvgIpc) is 2.49. The van der Waals surface area contributed by atoms with E-state index < -0.39 is 0 Å². The Morgan fingerprint density at radius 1 is 1.42 bits per heavy atom. The standard InChI is InChI=1S/C10H14N2/c1-7(2)8-3-4-9-6-11-12-10(9)5-8/h5-7H,3-4H2,1-2H3,(H,11,12). The van der Waals surface area contributed by atoms with E-state index >= 15 is 0 Å². The van der Waals surface area contributed by atoms with Crippen LogP contribution in [0.4, 0.5) is 0 Å². The molecule has 0 saturated carbocycles. The van der Waals surface area contributed by atoms with Gasteiger partial charge in [-0.25, -0.2) is 0 Å². The van der Waals surface area contributed by atoms with Crippen molar-refractivity contribution in [1.82, 2.24) is 10.2 Å². The van der Waals surface area contributed by atoms with Crippen LogP contribution in [0.25, 0.3) is 6.08 Å². The largest absolute Gasteiger partial charge is 0.278 e. The van der Waals surface area contributed by atoms with Crippen LogP contribution in [0.5, 0.6) is 0 Å². The molecule has 64 valence electrons. The summed E-state index contributed by atoms with van der Waals surface area (Å²) in [5.74, 6) is 0.668. The molecule has 0 bridgehead atoms. The van der Waals surface area contributed by atoms with Gasteiger partial charge in [-0.15, -0.1) is 0 Å². The summed E-state index contributed by atoms with van der Waals surface area (Å²) < 4.78 is 0. The van der Waals surface area contributed by atoms with Gasteiger partial charge in [0.05, 0.1) is 11.9 Å². The van der Waals surface area contributed by atoms with Gasteiger partial charge in [0.15, 0.2) is 0 Å². The summed E-state index contributed by atoms with van der Waals surface area (Å²) in [6.07, 6.45) is 6.53. The van der Waals surface area contributed by atoms with E-state index in [2.05, 4.69) is 30.1 Å². The van der Waals surface area contributed by atoms with Gasteiger partial charge >= 0.3 is 0 Å². The van der Waals surface area contributed by atoms with E-state index in [1.807, 2.05) is 6.20 Å². The zero-order chi connectivity index (χ0) is 8.55. The smallest absolute Gasteiger partial charge is 0.0609 e. The second-order valence-electron chi connectivity index (χ2n) is 3.68. The first-order valence-corrected chi connectivity index (χ1v) is 4.50. The Morgan fingerprint density at radius 2 is 2.25 bits per heavy atom. The molecule has 1 aromatic heterocycles. The van der Waals surface area contributed by atoms with Gasteiger partial charge in [-0.1, -0.05) is 19.4 Å². The Bertz CT molecular complexity index is 307. The van der Waals surface area contributed by atoms with Gasteiger partial charge < -0.3 is 0 Å². The van der Waals surface area contributed by atoms with Crippen molar-refractivity contribution < 1.29 is 0 Å². The lowest BCUT2D eigenvalue weighted by atomic mass is 9.91. The second-order valence-corrected chi connectivity index (χ2v) is 3.68. The first-order chi connectivity index (χ1) is 5.77. The maximum absolute atomic E-state index is 4.03. The van der Waals surface area contributed by atoms with Crippen LogP contribution >= 0.6 is 0 Å². The highest BCUT2D eigenvalue weighted by molar-refractivity contribution is 5.55. The molecule has 0 unspecified atom stereocenters. The Balaban J connectivity index is 2.35. The van der Waals surface area contributed by atoms with Gasteiger partial charge in [0.1, 0.15) is 0 Å². The molecule has 0 atom stereocenters. The van der Waals surface area contributed by atoms with Crippen molar-refractivity contribution in [3.8, 4) is 0 Å². The zero-order valence-corrected chi connectivity index (χ0v) is 7.59. The summed E-state index contributed by atoms with van der Waals surface area (Å²) in [7, 11) is 0. The number of allylic oxidation sites excluding steroid dienone is 1. The quantitative estimate of drug-likeness (QED) is 0.674. The van der Waals surface area contributed by atoms with Crippen molar-refractivity contribution in [3.05, 3.63) is 23.0 Å². The van der Waals surface area contributed by atoms with Crippen LogP contribution in [-0.2, 0) is 6.42 Å². The maximum atomic E-state index is 4.03. The zero-order valence-electron chi connectivity index (χ0n) is 7.59. The highest BCUT2D eigenvalue weighted by atomic mass is 15.1. The van der Waals surface area contributed by atoms with E-state index in [0.717, 1.165) is 6.42 Å². The monoisotopic (exact) mass is 162 g/mol. The maximum Gasteiger partial charge on any atom is 0.0609 e. The Hall–Kier alpha value is -1.05. The van der Waals surface area contributed by atoms with Crippen LogP contribution < -0.4 is 0 Å². The molecule has 0 aromatic carbocycles. The number of hydrogen-bond acceptors (Lipinski definition) is 1. The summed E-state index contributed by atoms with van der Waals surface area (Å²) in [6, 6.07) is 0. The van der Waals surface area contributed by atoms with E-state index in [0.29, 0.717) is 5.92 Å². The highest BCUT2D eigenvalue weighted by Crippen LogP contribution is 2.26. The molecule has 0 radical (unpaired) electrons. The summed E-state index contributed by atoms with van der Waals surface area (Å²) in [4.78, 5) is 0. The molecule has 12 heavy (non-hydrogen) atoms. The van der Waals surface area contributed by atoms with Gasteiger partial charge in [0, 0.05) is 0 Å². The fourth-order valence-corrected chi connectivity index (χ4v) is 1.64. The van der Waals surface area contributed by atoms with Crippen LogP contribution in [0.15, 0.2) is 11.8 Å². The predicted molar refractivity (Wildman–Crippen MR) is 49.7 cm³/mol. The number of aryl methyl sites for hydroxylation is 1. The van der Waals surface area contributed by atoms with Crippen LogP contribution in [0, 0.1) is 5.92 Å². The topological polar surface area (TPSA) is 28.7 Å². The lowest BCUT2D eigenvalue weighted by Gasteiger charge is -2.15. The molecule has 1 N–H and O–H groups in total. The number of rotatable bonds is 1. The van der Waals surface area contributed by atoms with E-state index in [-0.39, 0.29) is 0 Å². The minimum atomic E-state index is 0.668. The number of aromatic amines is 1. The molecule has 0 amide bonds. The van der Waals surface area contributed by atoms with Crippen LogP contribution in [-0.4, -0.2) is 10.2 Å². The number of fused-ring (bicyclic) bond motifs is 1. The molecule has 1 aliphatic rings. The summed E-state index contributed by atoms with van der Waals surface area (Å²) in [5, 5.41) is 7.04. The molecule has 0 saturated heterocycles. The minimum absolute atomic E-state index is 0.668. The summed E-state index contributed by atoms with van der Waals surface area (Å²) in [5.41, 5.74) is 4.11. The molecule has 2 rings (SSSR count). The third-order valence-electron chi connectivity index (χ3n) is 2.51. The predicted octanol–water partition coefficient (Wildman–Crippen LogP) is 2.40. The summed E-state index contributed by atoms with van der Waals surface area (Å²) in [6.45, 7) is 4.49. The highest BCUT2D eigenvalue weighted by Gasteiger charge is 2.13. The Kier molecular flexibility index (Phi) is 1.75. The molecule has 2 nitrogen and oxygen atoms in total. The Labute approximate surface area is 72.7 Å². The lowest BCUT2D eigenvalue weighted by molar-refractivity contribution is 0.709. The molecule has 1 heterocycles. The molecular formula is C10H14N2. The van der Waals surface area contributed by atoms with Crippen molar-refractivity contribution >= 4 is 6.08 Å². The number of H-pyrrole nitrogens is 1. The van der Waals surface area contributed by atoms with E-state index in [4.69, 9.17) is 0 Å². The fraction of sp³-hybridized carbons (Fsp3) is 0.500. The van der Waals surface area contributed by atoms with Crippen molar-refractivity contribution in [2.45, 2.75) is 26.7 Å². The lowest BCUT2D eigenvalue weighted by Crippen LogP contribution is -2.02. The third kappa shape index (κ3) is 1.17. The van der Waals surface area contributed by atoms with Crippen LogP contribution in [0.1, 0.15) is 31.5 Å². The molecule has 1 aliphatic carbocycles. The van der Waals surface area contributed by atoms with E-state index in [1.54, 1.807) is 0 Å². The summed E-state index contributed by atoms with van der Waals surface area (Å²) >= 11 is 0. The number of aromatic nitrogens is 2. The van der Waals surface area contributed by atoms with Gasteiger partial charge in [0.2, 0.25) is 0 Å². The number of hydrogen-bond donors (Lipinski definition) is 1. The third-order valence-corrected chi connectivity index (χ3v) is 2.51. The normalized spacial score (nSPS) is 16.1. The van der Waals surface area contributed by atoms with Crippen LogP contribution in [0.3, 0.4) is 0 Å². The number of nitrogens with zero attached hydrogens (tertiary/aromatic N) is 1. The first-order valence-electron chi connectivity index (χ1n) is 4.50. The van der Waals surface area contributed by atoms with Crippen molar-refractivity contribution in [3.63, 3.8) is 0 Å². The molecule has 0 spiro atoms. The fourth-order valence-electron chi connectivity index (χ4n) is 1.64. The van der Waals surface area contributed by atoms with Gasteiger partial charge in [-0.2, -0.15) is 5.10 Å². The molecule has 2 heteroatoms. The van der Waals surface area contributed by atoms with E-state index in [9.17, 15) is 0 Å². The van der Waals surface area contributed by atoms with Crippen molar-refractivity contribution in [1.29, 1.82) is 0 Å². The van der Waals surface area contributed by atoms with E-state index in [1.165, 1.54) is 23.3 Å². The van der Waals surface area contributed by atoms with Crippen molar-refractivity contribution in [2.75, 3.05) is 0 Å². The number of nitrogens with one attached hydrogen (secondary N) is 1. The minimum Gasteiger partial charge on any atom is -0.278 e.